The topological polar surface area (TPSA) is 55.8 Å². The Hall–Kier alpha value is -1.65. The molecular formula is C18H22O4. The second-order valence-corrected chi connectivity index (χ2v) is 6.22. The number of aliphatic hydroxyl groups is 1. The lowest BCUT2D eigenvalue weighted by molar-refractivity contribution is -0.160. The minimum absolute atomic E-state index is 0.139. The maximum absolute atomic E-state index is 12.5. The van der Waals surface area contributed by atoms with E-state index < -0.39 is 12.0 Å². The van der Waals surface area contributed by atoms with E-state index in [1.54, 1.807) is 0 Å². The zero-order chi connectivity index (χ0) is 15.9. The Balaban J connectivity index is 2.02. The van der Waals surface area contributed by atoms with E-state index in [0.29, 0.717) is 6.42 Å². The number of esters is 1. The molecule has 3 rings (SSSR count). The van der Waals surface area contributed by atoms with E-state index in [0.717, 1.165) is 16.7 Å². The molecule has 1 aromatic rings. The first kappa shape index (κ1) is 15.3. The van der Waals surface area contributed by atoms with Crippen LogP contribution >= 0.6 is 0 Å². The number of carbonyl (C=O) groups is 1. The first-order valence-corrected chi connectivity index (χ1v) is 7.78. The van der Waals surface area contributed by atoms with Crippen LogP contribution in [0.5, 0.6) is 0 Å². The van der Waals surface area contributed by atoms with E-state index in [9.17, 15) is 9.90 Å². The number of rotatable bonds is 0. The van der Waals surface area contributed by atoms with Crippen molar-refractivity contribution >= 4 is 5.97 Å². The monoisotopic (exact) mass is 302 g/mol. The maximum atomic E-state index is 12.5. The second-order valence-electron chi connectivity index (χ2n) is 6.22. The van der Waals surface area contributed by atoms with Crippen molar-refractivity contribution in [2.45, 2.75) is 51.6 Å². The van der Waals surface area contributed by atoms with E-state index >= 15 is 0 Å². The minimum atomic E-state index is -0.605. The summed E-state index contributed by atoms with van der Waals surface area (Å²) in [4.78, 5) is 12.5. The SMILES string of the molecule is CC1=C[C@H]2O[C@H](C)c3ccccc3[C@H](C)OC(=O)[C@H]2C[C@@H]1O. The molecule has 0 saturated heterocycles. The Bertz CT molecular complexity index is 607. The largest absolute Gasteiger partial charge is 0.457 e. The van der Waals surface area contributed by atoms with E-state index in [-0.39, 0.29) is 24.3 Å². The Morgan fingerprint density at radius 3 is 2.45 bits per heavy atom. The molecule has 0 unspecified atom stereocenters. The number of carbonyl (C=O) groups excluding carboxylic acids is 1. The number of benzene rings is 1. The highest BCUT2D eigenvalue weighted by molar-refractivity contribution is 5.74. The molecule has 0 fully saturated rings. The van der Waals surface area contributed by atoms with Gasteiger partial charge in [0.2, 0.25) is 0 Å². The van der Waals surface area contributed by atoms with Crippen molar-refractivity contribution in [2.75, 3.05) is 0 Å². The fourth-order valence-electron chi connectivity index (χ4n) is 3.30. The molecular weight excluding hydrogens is 280 g/mol. The van der Waals surface area contributed by atoms with Crippen LogP contribution in [0.2, 0.25) is 0 Å². The fourth-order valence-corrected chi connectivity index (χ4v) is 3.30. The summed E-state index contributed by atoms with van der Waals surface area (Å²) in [6, 6.07) is 7.89. The molecule has 22 heavy (non-hydrogen) atoms. The van der Waals surface area contributed by atoms with Crippen molar-refractivity contribution in [3.63, 3.8) is 0 Å². The van der Waals surface area contributed by atoms with Gasteiger partial charge in [-0.05, 0) is 43.9 Å². The van der Waals surface area contributed by atoms with E-state index in [1.165, 1.54) is 0 Å². The average Bonchev–Trinajstić information content (AvgIpc) is 2.52. The van der Waals surface area contributed by atoms with Gasteiger partial charge in [-0.25, -0.2) is 0 Å². The lowest BCUT2D eigenvalue weighted by Crippen LogP contribution is -2.38. The molecule has 4 nitrogen and oxygen atoms in total. The van der Waals surface area contributed by atoms with Gasteiger partial charge in [0.1, 0.15) is 6.10 Å². The molecule has 1 aliphatic heterocycles. The van der Waals surface area contributed by atoms with Crippen molar-refractivity contribution < 1.29 is 19.4 Å². The third-order valence-corrected chi connectivity index (χ3v) is 4.66. The summed E-state index contributed by atoms with van der Waals surface area (Å²) in [7, 11) is 0. The highest BCUT2D eigenvalue weighted by Gasteiger charge is 2.38. The molecule has 2 aliphatic rings. The van der Waals surface area contributed by atoms with Crippen LogP contribution in [-0.4, -0.2) is 23.3 Å². The van der Waals surface area contributed by atoms with Crippen molar-refractivity contribution in [1.29, 1.82) is 0 Å². The van der Waals surface area contributed by atoms with Crippen molar-refractivity contribution in [3.05, 3.63) is 47.0 Å². The summed E-state index contributed by atoms with van der Waals surface area (Å²) in [6.07, 6.45) is 0.782. The number of fused-ring (bicyclic) bond motifs is 2. The summed E-state index contributed by atoms with van der Waals surface area (Å²) in [5, 5.41) is 10.0. The Labute approximate surface area is 130 Å². The predicted molar refractivity (Wildman–Crippen MR) is 82.1 cm³/mol. The second kappa shape index (κ2) is 5.86. The van der Waals surface area contributed by atoms with Crippen LogP contribution < -0.4 is 0 Å². The Morgan fingerprint density at radius 2 is 1.77 bits per heavy atom. The van der Waals surface area contributed by atoms with Crippen molar-refractivity contribution in [1.82, 2.24) is 0 Å². The predicted octanol–water partition coefficient (Wildman–Crippen LogP) is 3.08. The molecule has 0 amide bonds. The summed E-state index contributed by atoms with van der Waals surface area (Å²) in [6.45, 7) is 5.74. The first-order chi connectivity index (χ1) is 10.5. The normalized spacial score (nSPS) is 35.2. The van der Waals surface area contributed by atoms with Crippen LogP contribution in [0, 0.1) is 5.92 Å². The van der Waals surface area contributed by atoms with Crippen LogP contribution in [0.25, 0.3) is 0 Å². The molecule has 0 aromatic heterocycles. The molecule has 1 aromatic carbocycles. The third kappa shape index (κ3) is 2.69. The van der Waals surface area contributed by atoms with Crippen LogP contribution in [0.15, 0.2) is 35.9 Å². The maximum Gasteiger partial charge on any atom is 0.312 e. The van der Waals surface area contributed by atoms with Gasteiger partial charge < -0.3 is 14.6 Å². The van der Waals surface area contributed by atoms with Crippen molar-refractivity contribution in [3.8, 4) is 0 Å². The number of hydrogen-bond acceptors (Lipinski definition) is 4. The molecule has 0 spiro atoms. The summed E-state index contributed by atoms with van der Waals surface area (Å²) >= 11 is 0. The quantitative estimate of drug-likeness (QED) is 0.591. The lowest BCUT2D eigenvalue weighted by Gasteiger charge is -2.32. The van der Waals surface area contributed by atoms with E-state index in [2.05, 4.69) is 0 Å². The minimum Gasteiger partial charge on any atom is -0.457 e. The van der Waals surface area contributed by atoms with Crippen LogP contribution in [-0.2, 0) is 14.3 Å². The zero-order valence-electron chi connectivity index (χ0n) is 13.2. The smallest absolute Gasteiger partial charge is 0.312 e. The molecule has 0 saturated carbocycles. The van der Waals surface area contributed by atoms with Gasteiger partial charge in [0.15, 0.2) is 0 Å². The Morgan fingerprint density at radius 1 is 1.14 bits per heavy atom. The lowest BCUT2D eigenvalue weighted by atomic mass is 9.85. The molecule has 1 N–H and O–H groups in total. The highest BCUT2D eigenvalue weighted by atomic mass is 16.6. The van der Waals surface area contributed by atoms with Gasteiger partial charge in [-0.3, -0.25) is 4.79 Å². The summed E-state index contributed by atoms with van der Waals surface area (Å²) < 4.78 is 11.8. The summed E-state index contributed by atoms with van der Waals surface area (Å²) in [5.74, 6) is -0.762. The number of aliphatic hydroxyl groups excluding tert-OH is 1. The number of hydrogen-bond donors (Lipinski definition) is 1. The van der Waals surface area contributed by atoms with Crippen molar-refractivity contribution in [2.24, 2.45) is 5.92 Å². The fraction of sp³-hybridized carbons (Fsp3) is 0.500. The average molecular weight is 302 g/mol. The number of cyclic esters (lactones) is 1. The highest BCUT2D eigenvalue weighted by Crippen LogP contribution is 2.36. The van der Waals surface area contributed by atoms with Gasteiger partial charge >= 0.3 is 5.97 Å². The van der Waals surface area contributed by atoms with Crippen LogP contribution in [0.3, 0.4) is 0 Å². The first-order valence-electron chi connectivity index (χ1n) is 7.78. The van der Waals surface area contributed by atoms with Gasteiger partial charge in [-0.1, -0.05) is 30.3 Å². The van der Waals surface area contributed by atoms with Crippen LogP contribution in [0.1, 0.15) is 50.5 Å². The van der Waals surface area contributed by atoms with Gasteiger partial charge in [-0.2, -0.15) is 0 Å². The van der Waals surface area contributed by atoms with Gasteiger partial charge in [0, 0.05) is 0 Å². The Kier molecular flexibility index (Phi) is 4.06. The molecule has 5 atom stereocenters. The van der Waals surface area contributed by atoms with E-state index in [1.807, 2.05) is 51.1 Å². The zero-order valence-corrected chi connectivity index (χ0v) is 13.2. The van der Waals surface area contributed by atoms with Gasteiger partial charge in [0.25, 0.3) is 0 Å². The summed E-state index contributed by atoms with van der Waals surface area (Å²) in [5.41, 5.74) is 2.87. The van der Waals surface area contributed by atoms with Gasteiger partial charge in [-0.15, -0.1) is 0 Å². The molecule has 0 bridgehead atoms. The molecule has 118 valence electrons. The molecule has 0 radical (unpaired) electrons. The van der Waals surface area contributed by atoms with E-state index in [4.69, 9.17) is 9.47 Å². The standard InChI is InChI=1S/C18H22O4/c1-10-8-17-15(9-16(10)19)18(20)22-12(3)14-7-5-4-6-13(14)11(2)21-17/h4-8,11-12,15-17,19H,9H2,1-3H3/t11-,12+,15+,16+,17-/m1/s1. The van der Waals surface area contributed by atoms with Gasteiger partial charge in [0.05, 0.1) is 24.2 Å². The molecule has 1 heterocycles. The third-order valence-electron chi connectivity index (χ3n) is 4.66. The molecule has 4 heteroatoms. The number of ether oxygens (including phenoxy) is 2. The van der Waals surface area contributed by atoms with Crippen LogP contribution in [0.4, 0.5) is 0 Å². The molecule has 1 aliphatic carbocycles.